The summed E-state index contributed by atoms with van der Waals surface area (Å²) in [6.07, 6.45) is 0.490. The topological polar surface area (TPSA) is 107 Å². The Morgan fingerprint density at radius 3 is 2.52 bits per heavy atom. The number of benzene rings is 2. The Morgan fingerprint density at radius 1 is 1.17 bits per heavy atom. The van der Waals surface area contributed by atoms with Gasteiger partial charge in [0.15, 0.2) is 11.5 Å². The molecule has 0 saturated heterocycles. The fourth-order valence-corrected chi connectivity index (χ4v) is 3.21. The van der Waals surface area contributed by atoms with E-state index in [2.05, 4.69) is 10.2 Å². The van der Waals surface area contributed by atoms with Crippen LogP contribution in [0.3, 0.4) is 0 Å². The molecular formula is C20H18N4O5. The highest BCUT2D eigenvalue weighted by Gasteiger charge is 2.24. The lowest BCUT2D eigenvalue weighted by Crippen LogP contribution is -2.30. The van der Waals surface area contributed by atoms with Crippen LogP contribution in [0.25, 0.3) is 0 Å². The van der Waals surface area contributed by atoms with Crippen LogP contribution < -0.4 is 9.47 Å². The largest absolute Gasteiger partial charge is 0.454 e. The second-order valence-electron chi connectivity index (χ2n) is 6.83. The molecule has 0 atom stereocenters. The summed E-state index contributed by atoms with van der Waals surface area (Å²) in [6, 6.07) is 9.91. The fourth-order valence-electron chi connectivity index (χ4n) is 3.21. The van der Waals surface area contributed by atoms with Gasteiger partial charge in [-0.1, -0.05) is 0 Å². The summed E-state index contributed by atoms with van der Waals surface area (Å²) in [5, 5.41) is 19.8. The van der Waals surface area contributed by atoms with Crippen molar-refractivity contribution in [2.75, 3.05) is 20.4 Å². The normalized spacial score (nSPS) is 14.4. The van der Waals surface area contributed by atoms with E-state index < -0.39 is 4.92 Å². The number of non-ortho nitro benzene ring substituents is 1. The van der Waals surface area contributed by atoms with Crippen molar-refractivity contribution in [3.63, 3.8) is 0 Å². The van der Waals surface area contributed by atoms with Crippen molar-refractivity contribution in [2.45, 2.75) is 13.3 Å². The van der Waals surface area contributed by atoms with Crippen molar-refractivity contribution >= 4 is 23.0 Å². The van der Waals surface area contributed by atoms with Crippen molar-refractivity contribution in [3.05, 3.63) is 63.2 Å². The first-order valence-electron chi connectivity index (χ1n) is 8.95. The standard InChI is InChI=1S/C20H18N4O5/c1-12(25)23(2)10-15-7-14-8-18-19(29-11-28-18)9-17(14)20(22-21-15)13-3-5-16(6-4-13)24(26)27/h3-6,8-9H,7,10-11H2,1-2H3. The highest BCUT2D eigenvalue weighted by atomic mass is 16.7. The molecule has 0 N–H and O–H groups in total. The average Bonchev–Trinajstić information content (AvgIpc) is 3.07. The van der Waals surface area contributed by atoms with E-state index >= 15 is 0 Å². The van der Waals surface area contributed by atoms with Crippen LogP contribution in [0.2, 0.25) is 0 Å². The Labute approximate surface area is 166 Å². The summed E-state index contributed by atoms with van der Waals surface area (Å²) in [5.41, 5.74) is 3.74. The van der Waals surface area contributed by atoms with Gasteiger partial charge in [-0.3, -0.25) is 14.9 Å². The van der Waals surface area contributed by atoms with Gasteiger partial charge < -0.3 is 14.4 Å². The smallest absolute Gasteiger partial charge is 0.269 e. The van der Waals surface area contributed by atoms with Gasteiger partial charge in [-0.15, -0.1) is 5.10 Å². The first kappa shape index (κ1) is 18.6. The molecule has 2 aliphatic heterocycles. The van der Waals surface area contributed by atoms with E-state index in [1.807, 2.05) is 12.1 Å². The monoisotopic (exact) mass is 394 g/mol. The lowest BCUT2D eigenvalue weighted by molar-refractivity contribution is -0.384. The van der Waals surface area contributed by atoms with Gasteiger partial charge in [-0.05, 0) is 29.8 Å². The van der Waals surface area contributed by atoms with Crippen molar-refractivity contribution in [1.82, 2.24) is 4.90 Å². The molecule has 0 saturated carbocycles. The van der Waals surface area contributed by atoms with Crippen LogP contribution >= 0.6 is 0 Å². The predicted octanol–water partition coefficient (Wildman–Crippen LogP) is 2.55. The van der Waals surface area contributed by atoms with Gasteiger partial charge in [-0.2, -0.15) is 5.10 Å². The molecule has 0 aromatic heterocycles. The van der Waals surface area contributed by atoms with E-state index in [4.69, 9.17) is 9.47 Å². The molecule has 0 unspecified atom stereocenters. The van der Waals surface area contributed by atoms with Crippen LogP contribution in [0.1, 0.15) is 23.6 Å². The summed E-state index contributed by atoms with van der Waals surface area (Å²) in [7, 11) is 1.71. The third kappa shape index (κ3) is 3.66. The Hall–Kier alpha value is -3.75. The third-order valence-electron chi connectivity index (χ3n) is 4.85. The summed E-state index contributed by atoms with van der Waals surface area (Å²) in [6.45, 7) is 1.99. The van der Waals surface area contributed by atoms with Crippen LogP contribution in [0.15, 0.2) is 46.6 Å². The van der Waals surface area contributed by atoms with Crippen LogP contribution in [-0.2, 0) is 11.2 Å². The minimum absolute atomic E-state index is 0.00107. The summed E-state index contributed by atoms with van der Waals surface area (Å²) in [5.74, 6) is 1.19. The molecule has 0 spiro atoms. The number of carbonyl (C=O) groups is 1. The number of amides is 1. The summed E-state index contributed by atoms with van der Waals surface area (Å²) < 4.78 is 11.0. The molecule has 0 bridgehead atoms. The van der Waals surface area contributed by atoms with E-state index in [1.165, 1.54) is 19.1 Å². The molecule has 29 heavy (non-hydrogen) atoms. The average molecular weight is 394 g/mol. The van der Waals surface area contributed by atoms with Gasteiger partial charge in [-0.25, -0.2) is 0 Å². The molecule has 0 aliphatic carbocycles. The zero-order valence-corrected chi connectivity index (χ0v) is 15.9. The first-order chi connectivity index (χ1) is 13.9. The number of hydrogen-bond acceptors (Lipinski definition) is 7. The number of ether oxygens (including phenoxy) is 2. The molecule has 0 fully saturated rings. The Bertz CT molecular complexity index is 1060. The molecule has 2 aromatic rings. The maximum atomic E-state index is 11.6. The molecule has 9 heteroatoms. The van der Waals surface area contributed by atoms with Crippen LogP contribution in [0.5, 0.6) is 11.5 Å². The lowest BCUT2D eigenvalue weighted by atomic mass is 9.94. The predicted molar refractivity (Wildman–Crippen MR) is 106 cm³/mol. The maximum absolute atomic E-state index is 11.6. The molecule has 148 valence electrons. The number of nitro benzene ring substituents is 1. The van der Waals surface area contributed by atoms with Crippen LogP contribution in [0.4, 0.5) is 5.69 Å². The number of nitrogens with zero attached hydrogens (tertiary/aromatic N) is 4. The van der Waals surface area contributed by atoms with Gasteiger partial charge in [0.05, 0.1) is 17.2 Å². The second kappa shape index (κ2) is 7.34. The minimum atomic E-state index is -0.446. The fraction of sp³-hybridized carbons (Fsp3) is 0.250. The highest BCUT2D eigenvalue weighted by molar-refractivity contribution is 6.15. The molecule has 2 aliphatic rings. The van der Waals surface area contributed by atoms with E-state index in [0.29, 0.717) is 35.7 Å². The molecule has 9 nitrogen and oxygen atoms in total. The zero-order chi connectivity index (χ0) is 20.5. The van der Waals surface area contributed by atoms with Crippen molar-refractivity contribution in [3.8, 4) is 11.5 Å². The lowest BCUT2D eigenvalue weighted by Gasteiger charge is -2.16. The Balaban J connectivity index is 1.79. The van der Waals surface area contributed by atoms with E-state index in [0.717, 1.165) is 16.8 Å². The first-order valence-corrected chi connectivity index (χ1v) is 8.95. The molecular weight excluding hydrogens is 376 g/mol. The third-order valence-corrected chi connectivity index (χ3v) is 4.85. The van der Waals surface area contributed by atoms with E-state index in [-0.39, 0.29) is 18.4 Å². The van der Waals surface area contributed by atoms with Gasteiger partial charge in [0, 0.05) is 43.7 Å². The molecule has 1 amide bonds. The number of fused-ring (bicyclic) bond motifs is 2. The minimum Gasteiger partial charge on any atom is -0.454 e. The summed E-state index contributed by atoms with van der Waals surface area (Å²) >= 11 is 0. The Morgan fingerprint density at radius 2 is 1.86 bits per heavy atom. The zero-order valence-electron chi connectivity index (χ0n) is 15.9. The van der Waals surface area contributed by atoms with Crippen molar-refractivity contribution in [2.24, 2.45) is 10.2 Å². The molecule has 2 aromatic carbocycles. The van der Waals surface area contributed by atoms with Crippen LogP contribution in [-0.4, -0.2) is 47.5 Å². The van der Waals surface area contributed by atoms with Gasteiger partial charge in [0.1, 0.15) is 5.71 Å². The molecule has 4 rings (SSSR count). The quantitative estimate of drug-likeness (QED) is 0.585. The van der Waals surface area contributed by atoms with Gasteiger partial charge in [0.2, 0.25) is 12.7 Å². The van der Waals surface area contributed by atoms with E-state index in [1.54, 1.807) is 24.1 Å². The SMILES string of the molecule is CC(=O)N(C)CC1=NN=C(c2ccc([N+](=O)[O-])cc2)c2cc3c(cc2C1)OCO3. The molecule has 0 radical (unpaired) electrons. The van der Waals surface area contributed by atoms with Crippen molar-refractivity contribution < 1.29 is 19.2 Å². The Kier molecular flexibility index (Phi) is 4.71. The molecule has 2 heterocycles. The second-order valence-corrected chi connectivity index (χ2v) is 6.83. The maximum Gasteiger partial charge on any atom is 0.269 e. The number of nitro groups is 1. The highest BCUT2D eigenvalue weighted by Crippen LogP contribution is 2.37. The van der Waals surface area contributed by atoms with Crippen molar-refractivity contribution in [1.29, 1.82) is 0 Å². The van der Waals surface area contributed by atoms with Gasteiger partial charge in [0.25, 0.3) is 5.69 Å². The number of rotatable bonds is 4. The van der Waals surface area contributed by atoms with E-state index in [9.17, 15) is 14.9 Å². The van der Waals surface area contributed by atoms with Crippen LogP contribution in [0, 0.1) is 10.1 Å². The van der Waals surface area contributed by atoms with Gasteiger partial charge >= 0.3 is 0 Å². The number of carbonyl (C=O) groups excluding carboxylic acids is 1. The number of hydrogen-bond donors (Lipinski definition) is 0. The summed E-state index contributed by atoms with van der Waals surface area (Å²) in [4.78, 5) is 23.7.